The normalized spacial score (nSPS) is 15.3. The smallest absolute Gasteiger partial charge is 0.317 e. The van der Waals surface area contributed by atoms with Crippen LogP contribution < -0.4 is 0 Å². The predicted molar refractivity (Wildman–Crippen MR) is 72.0 cm³/mol. The van der Waals surface area contributed by atoms with Crippen LogP contribution in [0.3, 0.4) is 0 Å². The van der Waals surface area contributed by atoms with E-state index in [-0.39, 0.29) is 6.54 Å². The van der Waals surface area contributed by atoms with Gasteiger partial charge in [0.15, 0.2) is 0 Å². The summed E-state index contributed by atoms with van der Waals surface area (Å²) in [7, 11) is 0. The predicted octanol–water partition coefficient (Wildman–Crippen LogP) is 2.79. The maximum Gasteiger partial charge on any atom is 0.317 e. The molecule has 0 radical (unpaired) electrons. The zero-order chi connectivity index (χ0) is 13.4. The number of carbonyl (C=O) groups is 1. The minimum atomic E-state index is -0.766. The van der Waals surface area contributed by atoms with Crippen LogP contribution in [-0.2, 0) is 11.3 Å². The summed E-state index contributed by atoms with van der Waals surface area (Å²) in [4.78, 5) is 13.0. The Hall–Kier alpha value is -1.81. The average Bonchev–Trinajstić information content (AvgIpc) is 3.15. The van der Waals surface area contributed by atoms with Gasteiger partial charge in [0.2, 0.25) is 0 Å². The highest BCUT2D eigenvalue weighted by molar-refractivity contribution is 5.82. The SMILES string of the molecule is Cc1oc2ccccc2c1CN(CC(=O)O)C1CC1. The van der Waals surface area contributed by atoms with Crippen molar-refractivity contribution in [1.82, 2.24) is 4.90 Å². The van der Waals surface area contributed by atoms with Crippen LogP contribution in [0.2, 0.25) is 0 Å². The molecule has 1 saturated carbocycles. The quantitative estimate of drug-likeness (QED) is 0.897. The summed E-state index contributed by atoms with van der Waals surface area (Å²) in [6, 6.07) is 8.34. The van der Waals surface area contributed by atoms with Crippen molar-refractivity contribution in [3.63, 3.8) is 0 Å². The minimum Gasteiger partial charge on any atom is -0.480 e. The number of rotatable bonds is 5. The van der Waals surface area contributed by atoms with E-state index < -0.39 is 5.97 Å². The van der Waals surface area contributed by atoms with Gasteiger partial charge >= 0.3 is 5.97 Å². The number of aliphatic carboxylic acids is 1. The molecular weight excluding hydrogens is 242 g/mol. The van der Waals surface area contributed by atoms with Gasteiger partial charge in [-0.25, -0.2) is 0 Å². The molecule has 1 aliphatic carbocycles. The summed E-state index contributed by atoms with van der Waals surface area (Å²) in [5, 5.41) is 10.1. The second-order valence-electron chi connectivity index (χ2n) is 5.16. The van der Waals surface area contributed by atoms with Crippen molar-refractivity contribution in [2.24, 2.45) is 0 Å². The standard InChI is InChI=1S/C15H17NO3/c1-10-13(12-4-2-3-5-14(12)19-10)8-16(9-15(17)18)11-6-7-11/h2-5,11H,6-9H2,1H3,(H,17,18). The van der Waals surface area contributed by atoms with E-state index in [0.717, 1.165) is 35.1 Å². The number of hydrogen-bond acceptors (Lipinski definition) is 3. The van der Waals surface area contributed by atoms with Gasteiger partial charge in [0.1, 0.15) is 11.3 Å². The van der Waals surface area contributed by atoms with Gasteiger partial charge in [-0.1, -0.05) is 18.2 Å². The number of carboxylic acids is 1. The lowest BCUT2D eigenvalue weighted by Gasteiger charge is -2.19. The zero-order valence-electron chi connectivity index (χ0n) is 10.9. The third-order valence-corrected chi connectivity index (χ3v) is 3.66. The number of para-hydroxylation sites is 1. The van der Waals surface area contributed by atoms with E-state index in [9.17, 15) is 4.79 Å². The minimum absolute atomic E-state index is 0.101. The van der Waals surface area contributed by atoms with Crippen LogP contribution >= 0.6 is 0 Å². The van der Waals surface area contributed by atoms with Crippen molar-refractivity contribution in [3.05, 3.63) is 35.6 Å². The lowest BCUT2D eigenvalue weighted by Crippen LogP contribution is -2.31. The topological polar surface area (TPSA) is 53.7 Å². The fourth-order valence-electron chi connectivity index (χ4n) is 2.55. The third-order valence-electron chi connectivity index (χ3n) is 3.66. The number of hydrogen-bond donors (Lipinski definition) is 1. The van der Waals surface area contributed by atoms with Crippen molar-refractivity contribution in [2.45, 2.75) is 32.4 Å². The molecule has 100 valence electrons. The Morgan fingerprint density at radius 2 is 2.16 bits per heavy atom. The van der Waals surface area contributed by atoms with Crippen molar-refractivity contribution in [3.8, 4) is 0 Å². The molecule has 0 unspecified atom stereocenters. The van der Waals surface area contributed by atoms with Gasteiger partial charge in [0.05, 0.1) is 6.54 Å². The van der Waals surface area contributed by atoms with Crippen molar-refractivity contribution in [2.75, 3.05) is 6.54 Å². The van der Waals surface area contributed by atoms with E-state index in [1.807, 2.05) is 36.1 Å². The first-order chi connectivity index (χ1) is 9.15. The molecule has 3 rings (SSSR count). The zero-order valence-corrected chi connectivity index (χ0v) is 10.9. The van der Waals surface area contributed by atoms with E-state index in [4.69, 9.17) is 9.52 Å². The van der Waals surface area contributed by atoms with Gasteiger partial charge in [-0.15, -0.1) is 0 Å². The van der Waals surface area contributed by atoms with Gasteiger partial charge < -0.3 is 9.52 Å². The molecule has 2 aromatic rings. The number of benzene rings is 1. The summed E-state index contributed by atoms with van der Waals surface area (Å²) >= 11 is 0. The van der Waals surface area contributed by atoms with E-state index in [1.54, 1.807) is 0 Å². The molecule has 1 fully saturated rings. The van der Waals surface area contributed by atoms with Gasteiger partial charge in [-0.3, -0.25) is 9.69 Å². The molecule has 4 heteroatoms. The molecule has 4 nitrogen and oxygen atoms in total. The van der Waals surface area contributed by atoms with Gasteiger partial charge in [-0.05, 0) is 25.8 Å². The Kier molecular flexibility index (Phi) is 3.03. The van der Waals surface area contributed by atoms with Crippen LogP contribution in [0.4, 0.5) is 0 Å². The average molecular weight is 259 g/mol. The lowest BCUT2D eigenvalue weighted by atomic mass is 10.1. The molecule has 1 aromatic carbocycles. The van der Waals surface area contributed by atoms with Crippen LogP contribution in [0.1, 0.15) is 24.2 Å². The number of nitrogens with zero attached hydrogens (tertiary/aromatic N) is 1. The summed E-state index contributed by atoms with van der Waals surface area (Å²) in [6.07, 6.45) is 2.20. The highest BCUT2D eigenvalue weighted by Gasteiger charge is 2.31. The molecule has 0 atom stereocenters. The highest BCUT2D eigenvalue weighted by Crippen LogP contribution is 2.32. The first-order valence-electron chi connectivity index (χ1n) is 6.58. The largest absolute Gasteiger partial charge is 0.480 e. The lowest BCUT2D eigenvalue weighted by molar-refractivity contribution is -0.138. The van der Waals surface area contributed by atoms with Gasteiger partial charge in [0.25, 0.3) is 0 Å². The fraction of sp³-hybridized carbons (Fsp3) is 0.400. The summed E-state index contributed by atoms with van der Waals surface area (Å²) < 4.78 is 5.73. The summed E-state index contributed by atoms with van der Waals surface area (Å²) in [6.45, 7) is 2.70. The molecule has 1 heterocycles. The Labute approximate surface area is 111 Å². The molecular formula is C15H17NO3. The molecule has 1 N–H and O–H groups in total. The summed E-state index contributed by atoms with van der Waals surface area (Å²) in [5.74, 6) is 0.120. The maximum absolute atomic E-state index is 11.0. The number of furan rings is 1. The number of carboxylic acid groups (broad SMARTS) is 1. The number of fused-ring (bicyclic) bond motifs is 1. The van der Waals surface area contributed by atoms with Crippen molar-refractivity contribution >= 4 is 16.9 Å². The van der Waals surface area contributed by atoms with Crippen molar-refractivity contribution < 1.29 is 14.3 Å². The molecule has 0 amide bonds. The van der Waals surface area contributed by atoms with E-state index in [2.05, 4.69) is 0 Å². The second-order valence-corrected chi connectivity index (χ2v) is 5.16. The van der Waals surface area contributed by atoms with Gasteiger partial charge in [-0.2, -0.15) is 0 Å². The molecule has 1 aliphatic rings. The van der Waals surface area contributed by atoms with Crippen LogP contribution in [-0.4, -0.2) is 28.6 Å². The molecule has 0 spiro atoms. The monoisotopic (exact) mass is 259 g/mol. The van der Waals surface area contributed by atoms with E-state index >= 15 is 0 Å². The third kappa shape index (κ3) is 2.49. The maximum atomic E-state index is 11.0. The Bertz CT molecular complexity index is 613. The molecule has 1 aromatic heterocycles. The fourth-order valence-corrected chi connectivity index (χ4v) is 2.55. The van der Waals surface area contributed by atoms with Crippen LogP contribution in [0.15, 0.2) is 28.7 Å². The molecule has 19 heavy (non-hydrogen) atoms. The first-order valence-corrected chi connectivity index (χ1v) is 6.58. The van der Waals surface area contributed by atoms with Gasteiger partial charge in [0, 0.05) is 23.5 Å². The van der Waals surface area contributed by atoms with Crippen LogP contribution in [0, 0.1) is 6.92 Å². The highest BCUT2D eigenvalue weighted by atomic mass is 16.4. The van der Waals surface area contributed by atoms with E-state index in [1.165, 1.54) is 0 Å². The Morgan fingerprint density at radius 1 is 1.42 bits per heavy atom. The van der Waals surface area contributed by atoms with Crippen LogP contribution in [0.5, 0.6) is 0 Å². The Balaban J connectivity index is 1.90. The van der Waals surface area contributed by atoms with Crippen molar-refractivity contribution in [1.29, 1.82) is 0 Å². The molecule has 0 aliphatic heterocycles. The number of aryl methyl sites for hydroxylation is 1. The van der Waals surface area contributed by atoms with Crippen LogP contribution in [0.25, 0.3) is 11.0 Å². The summed E-state index contributed by atoms with van der Waals surface area (Å²) in [5.41, 5.74) is 1.99. The first kappa shape index (κ1) is 12.2. The molecule has 0 saturated heterocycles. The Morgan fingerprint density at radius 3 is 2.84 bits per heavy atom. The second kappa shape index (κ2) is 4.70. The van der Waals surface area contributed by atoms with E-state index in [0.29, 0.717) is 12.6 Å². The molecule has 0 bridgehead atoms.